The molecule has 2 heterocycles. The summed E-state index contributed by atoms with van der Waals surface area (Å²) in [6.07, 6.45) is 0. The van der Waals surface area contributed by atoms with Crippen molar-refractivity contribution in [3.05, 3.63) is 72.1 Å². The molecule has 0 radical (unpaired) electrons. The van der Waals surface area contributed by atoms with Crippen LogP contribution in [0.25, 0.3) is 17.1 Å². The van der Waals surface area contributed by atoms with Crippen LogP contribution in [-0.4, -0.2) is 36.6 Å². The molecule has 0 saturated heterocycles. The summed E-state index contributed by atoms with van der Waals surface area (Å²) in [6, 6.07) is 19.6. The van der Waals surface area contributed by atoms with E-state index >= 15 is 0 Å². The number of para-hydroxylation sites is 1. The Balaban J connectivity index is 1.41. The molecule has 146 valence electrons. The fourth-order valence-corrected chi connectivity index (χ4v) is 3.58. The lowest BCUT2D eigenvalue weighted by molar-refractivity contribution is -0.113. The molecule has 0 saturated carbocycles. The number of nitrogens with zero attached hydrogens (tertiary/aromatic N) is 4. The van der Waals surface area contributed by atoms with Crippen molar-refractivity contribution in [2.24, 2.45) is 0 Å². The Kier molecular flexibility index (Phi) is 5.44. The van der Waals surface area contributed by atoms with Crippen molar-refractivity contribution < 1.29 is 4.79 Å². The van der Waals surface area contributed by atoms with Gasteiger partial charge in [-0.3, -0.25) is 9.89 Å². The minimum atomic E-state index is -0.125. The van der Waals surface area contributed by atoms with E-state index in [1.54, 1.807) is 0 Å². The predicted octanol–water partition coefficient (Wildman–Crippen LogP) is 4.01. The molecule has 0 aliphatic heterocycles. The molecular formula is C21H20N6OS. The van der Waals surface area contributed by atoms with E-state index in [0.717, 1.165) is 28.3 Å². The van der Waals surface area contributed by atoms with Crippen LogP contribution >= 0.6 is 11.8 Å². The Hall–Kier alpha value is -3.39. The average molecular weight is 404 g/mol. The number of carbonyl (C=O) groups excluding carboxylic acids is 1. The molecule has 2 aromatic heterocycles. The van der Waals surface area contributed by atoms with Crippen molar-refractivity contribution >= 4 is 23.4 Å². The summed E-state index contributed by atoms with van der Waals surface area (Å²) in [7, 11) is 0. The van der Waals surface area contributed by atoms with Crippen LogP contribution in [-0.2, 0) is 4.79 Å². The van der Waals surface area contributed by atoms with Crippen molar-refractivity contribution in [3.63, 3.8) is 0 Å². The monoisotopic (exact) mass is 404 g/mol. The lowest BCUT2D eigenvalue weighted by atomic mass is 10.2. The predicted molar refractivity (Wildman–Crippen MR) is 114 cm³/mol. The highest BCUT2D eigenvalue weighted by atomic mass is 32.2. The topological polar surface area (TPSA) is 88.5 Å². The molecule has 7 nitrogen and oxygen atoms in total. The Morgan fingerprint density at radius 2 is 1.76 bits per heavy atom. The zero-order chi connectivity index (χ0) is 20.2. The molecule has 4 aromatic rings. The Bertz CT molecular complexity index is 1120. The summed E-state index contributed by atoms with van der Waals surface area (Å²) >= 11 is 1.29. The number of nitrogens with one attached hydrogen (secondary N) is 2. The molecule has 0 unspecified atom stereocenters. The Morgan fingerprint density at radius 1 is 1.07 bits per heavy atom. The maximum Gasteiger partial charge on any atom is 0.234 e. The zero-order valence-corrected chi connectivity index (χ0v) is 16.9. The first-order chi connectivity index (χ1) is 14.1. The van der Waals surface area contributed by atoms with Gasteiger partial charge in [0.05, 0.1) is 28.5 Å². The van der Waals surface area contributed by atoms with E-state index in [2.05, 4.69) is 25.6 Å². The van der Waals surface area contributed by atoms with Crippen LogP contribution in [0.5, 0.6) is 0 Å². The molecule has 29 heavy (non-hydrogen) atoms. The van der Waals surface area contributed by atoms with Crippen LogP contribution in [0.3, 0.4) is 0 Å². The molecule has 1 amide bonds. The number of anilines is 1. The second kappa shape index (κ2) is 8.32. The van der Waals surface area contributed by atoms with Gasteiger partial charge in [-0.1, -0.05) is 60.3 Å². The van der Waals surface area contributed by atoms with Gasteiger partial charge in [0.15, 0.2) is 5.82 Å². The first-order valence-electron chi connectivity index (χ1n) is 9.14. The van der Waals surface area contributed by atoms with Crippen molar-refractivity contribution in [2.75, 3.05) is 11.1 Å². The third kappa shape index (κ3) is 4.22. The average Bonchev–Trinajstić information content (AvgIpc) is 3.34. The number of thioether (sulfide) groups is 1. The molecule has 8 heteroatoms. The van der Waals surface area contributed by atoms with Gasteiger partial charge in [0.1, 0.15) is 0 Å². The number of aryl methyl sites for hydroxylation is 1. The number of rotatable bonds is 6. The summed E-state index contributed by atoms with van der Waals surface area (Å²) in [6.45, 7) is 3.83. The minimum absolute atomic E-state index is 0.125. The molecule has 0 bridgehead atoms. The van der Waals surface area contributed by atoms with Gasteiger partial charge in [0, 0.05) is 5.56 Å². The fraction of sp³-hybridized carbons (Fsp3) is 0.143. The summed E-state index contributed by atoms with van der Waals surface area (Å²) in [5.41, 5.74) is 4.30. The molecule has 0 aliphatic carbocycles. The summed E-state index contributed by atoms with van der Waals surface area (Å²) in [5, 5.41) is 15.1. The lowest BCUT2D eigenvalue weighted by Crippen LogP contribution is -2.15. The van der Waals surface area contributed by atoms with Gasteiger partial charge in [0.25, 0.3) is 0 Å². The number of hydrogen-bond donors (Lipinski definition) is 2. The van der Waals surface area contributed by atoms with E-state index in [1.165, 1.54) is 11.8 Å². The van der Waals surface area contributed by atoms with Gasteiger partial charge in [-0.25, -0.2) is 9.67 Å². The Morgan fingerprint density at radius 3 is 2.48 bits per heavy atom. The minimum Gasteiger partial charge on any atom is -0.322 e. The molecular weight excluding hydrogens is 384 g/mol. The first-order valence-corrected chi connectivity index (χ1v) is 10.1. The summed E-state index contributed by atoms with van der Waals surface area (Å²) in [5.74, 6) is 0.769. The van der Waals surface area contributed by atoms with Gasteiger partial charge in [0.2, 0.25) is 11.1 Å². The maximum atomic E-state index is 12.5. The van der Waals surface area contributed by atoms with Crippen LogP contribution in [0.4, 0.5) is 5.69 Å². The maximum absolute atomic E-state index is 12.5. The summed E-state index contributed by atoms with van der Waals surface area (Å²) < 4.78 is 1.83. The van der Waals surface area contributed by atoms with E-state index in [0.29, 0.717) is 11.0 Å². The fourth-order valence-electron chi connectivity index (χ4n) is 2.99. The van der Waals surface area contributed by atoms with E-state index in [1.807, 2.05) is 79.2 Å². The normalized spacial score (nSPS) is 10.8. The quantitative estimate of drug-likeness (QED) is 0.474. The van der Waals surface area contributed by atoms with Crippen LogP contribution < -0.4 is 5.32 Å². The molecule has 0 spiro atoms. The van der Waals surface area contributed by atoms with Crippen molar-refractivity contribution in [2.45, 2.75) is 19.0 Å². The van der Waals surface area contributed by atoms with E-state index in [-0.39, 0.29) is 11.7 Å². The van der Waals surface area contributed by atoms with Crippen LogP contribution in [0.1, 0.15) is 11.4 Å². The van der Waals surface area contributed by atoms with Gasteiger partial charge in [-0.2, -0.15) is 5.10 Å². The van der Waals surface area contributed by atoms with Crippen molar-refractivity contribution in [3.8, 4) is 17.1 Å². The third-order valence-corrected chi connectivity index (χ3v) is 5.25. The van der Waals surface area contributed by atoms with Gasteiger partial charge in [-0.05, 0) is 26.0 Å². The molecule has 2 N–H and O–H groups in total. The largest absolute Gasteiger partial charge is 0.322 e. The number of aromatic nitrogens is 5. The number of benzene rings is 2. The smallest absolute Gasteiger partial charge is 0.234 e. The summed E-state index contributed by atoms with van der Waals surface area (Å²) in [4.78, 5) is 16.9. The van der Waals surface area contributed by atoms with Gasteiger partial charge < -0.3 is 5.32 Å². The standard InChI is InChI=1S/C21H20N6OS/c1-14-19(15(2)27(26-14)17-11-7-4-8-12-17)22-18(28)13-29-21-23-20(24-25-21)16-9-5-3-6-10-16/h3-12H,13H2,1-2H3,(H,22,28)(H,23,24,25). The zero-order valence-electron chi connectivity index (χ0n) is 16.1. The van der Waals surface area contributed by atoms with Gasteiger partial charge >= 0.3 is 0 Å². The highest BCUT2D eigenvalue weighted by Gasteiger charge is 2.16. The van der Waals surface area contributed by atoms with E-state index in [4.69, 9.17) is 0 Å². The molecule has 4 rings (SSSR count). The molecule has 2 aromatic carbocycles. The molecule has 0 aliphatic rings. The number of carbonyl (C=O) groups is 1. The van der Waals surface area contributed by atoms with E-state index in [9.17, 15) is 4.79 Å². The third-order valence-electron chi connectivity index (χ3n) is 4.40. The SMILES string of the molecule is Cc1nn(-c2ccccc2)c(C)c1NC(=O)CSc1n[nH]c(-c2ccccc2)n1. The van der Waals surface area contributed by atoms with Crippen LogP contribution in [0.15, 0.2) is 65.8 Å². The van der Waals surface area contributed by atoms with Gasteiger partial charge in [-0.15, -0.1) is 5.10 Å². The number of H-pyrrole nitrogens is 1. The first kappa shape index (κ1) is 18.9. The number of aromatic amines is 1. The van der Waals surface area contributed by atoms with E-state index < -0.39 is 0 Å². The highest BCUT2D eigenvalue weighted by Crippen LogP contribution is 2.24. The van der Waals surface area contributed by atoms with Crippen molar-refractivity contribution in [1.29, 1.82) is 0 Å². The second-order valence-electron chi connectivity index (χ2n) is 6.46. The number of amides is 1. The lowest BCUT2D eigenvalue weighted by Gasteiger charge is -2.06. The van der Waals surface area contributed by atoms with Crippen LogP contribution in [0, 0.1) is 13.8 Å². The number of hydrogen-bond acceptors (Lipinski definition) is 5. The Labute approximate surface area is 172 Å². The molecule has 0 fully saturated rings. The second-order valence-corrected chi connectivity index (χ2v) is 7.41. The molecule has 0 atom stereocenters. The van der Waals surface area contributed by atoms with Crippen LogP contribution in [0.2, 0.25) is 0 Å². The highest BCUT2D eigenvalue weighted by molar-refractivity contribution is 7.99. The van der Waals surface area contributed by atoms with Crippen molar-refractivity contribution in [1.82, 2.24) is 25.0 Å².